The highest BCUT2D eigenvalue weighted by atomic mass is 19.1. The number of ketones is 1. The van der Waals surface area contributed by atoms with Crippen molar-refractivity contribution in [1.82, 2.24) is 20.1 Å². The molecule has 4 rings (SSSR count). The number of carbonyl (C=O) groups excluding carboxylic acids is 4. The minimum atomic E-state index is -0.785. The fraction of sp³-hybridized carbons (Fsp3) is 0.296. The normalized spacial score (nSPS) is 13.9. The Morgan fingerprint density at radius 1 is 1.00 bits per heavy atom. The van der Waals surface area contributed by atoms with Crippen LogP contribution in [0, 0.1) is 5.82 Å². The van der Waals surface area contributed by atoms with Gasteiger partial charge in [-0.15, -0.1) is 0 Å². The van der Waals surface area contributed by atoms with Gasteiger partial charge in [-0.05, 0) is 19.1 Å². The van der Waals surface area contributed by atoms with Gasteiger partial charge in [0.1, 0.15) is 11.7 Å². The van der Waals surface area contributed by atoms with Crippen molar-refractivity contribution in [3.63, 3.8) is 0 Å². The maximum Gasteiger partial charge on any atom is 0.342 e. The molecule has 1 aliphatic rings. The van der Waals surface area contributed by atoms with E-state index >= 15 is 0 Å². The lowest BCUT2D eigenvalue weighted by Crippen LogP contribution is -2.52. The number of nitrogens with one attached hydrogen (secondary N) is 2. The fourth-order valence-electron chi connectivity index (χ4n) is 4.24. The number of hydrogen-bond acceptors (Lipinski definition) is 5. The summed E-state index contributed by atoms with van der Waals surface area (Å²) in [5.74, 6) is -2.08. The van der Waals surface area contributed by atoms with Gasteiger partial charge in [-0.25, -0.2) is 9.18 Å². The number of aliphatic imine (C=N–C) groups is 1. The first-order valence-electron chi connectivity index (χ1n) is 12.3. The van der Waals surface area contributed by atoms with Crippen LogP contribution in [0.5, 0.6) is 0 Å². The van der Waals surface area contributed by atoms with Gasteiger partial charge in [0.15, 0.2) is 0 Å². The molecule has 38 heavy (non-hydrogen) atoms. The van der Waals surface area contributed by atoms with Gasteiger partial charge in [0, 0.05) is 55.4 Å². The number of urea groups is 1. The van der Waals surface area contributed by atoms with E-state index in [0.29, 0.717) is 30.0 Å². The van der Waals surface area contributed by atoms with Crippen molar-refractivity contribution in [2.75, 3.05) is 39.3 Å². The zero-order valence-corrected chi connectivity index (χ0v) is 20.9. The second-order valence-corrected chi connectivity index (χ2v) is 8.56. The van der Waals surface area contributed by atoms with E-state index in [9.17, 15) is 23.6 Å². The van der Waals surface area contributed by atoms with E-state index in [1.165, 1.54) is 23.2 Å². The van der Waals surface area contributed by atoms with Crippen molar-refractivity contribution < 1.29 is 28.3 Å². The number of aromatic amines is 1. The predicted molar refractivity (Wildman–Crippen MR) is 138 cm³/mol. The molecule has 2 N–H and O–H groups in total. The molecule has 3 amide bonds. The molecule has 3 aromatic rings. The van der Waals surface area contributed by atoms with Crippen LogP contribution in [0.3, 0.4) is 0 Å². The lowest BCUT2D eigenvalue weighted by Gasteiger charge is -2.36. The Labute approximate surface area is 218 Å². The van der Waals surface area contributed by atoms with Crippen molar-refractivity contribution >= 4 is 40.4 Å². The van der Waals surface area contributed by atoms with E-state index < -0.39 is 29.5 Å². The van der Waals surface area contributed by atoms with Crippen LogP contribution in [0.1, 0.15) is 29.3 Å². The number of aromatic nitrogens is 1. The molecule has 2 heterocycles. The number of piperazine rings is 1. The van der Waals surface area contributed by atoms with E-state index in [4.69, 9.17) is 4.74 Å². The highest BCUT2D eigenvalue weighted by molar-refractivity contribution is 6.44. The summed E-state index contributed by atoms with van der Waals surface area (Å²) in [5, 5.41) is 2.69. The maximum atomic E-state index is 14.3. The molecule has 1 aromatic heterocycles. The van der Waals surface area contributed by atoms with Crippen LogP contribution in [0.25, 0.3) is 10.9 Å². The van der Waals surface area contributed by atoms with Crippen LogP contribution in [-0.2, 0) is 14.3 Å². The predicted octanol–water partition coefficient (Wildman–Crippen LogP) is 2.74. The molecular weight excluding hydrogens is 493 g/mol. The molecule has 0 bridgehead atoms. The minimum Gasteiger partial charge on any atom is -0.466 e. The topological polar surface area (TPSA) is 124 Å². The Morgan fingerprint density at radius 3 is 2.42 bits per heavy atom. The van der Waals surface area contributed by atoms with Gasteiger partial charge in [-0.1, -0.05) is 36.4 Å². The van der Waals surface area contributed by atoms with Crippen molar-refractivity contribution in [3.05, 3.63) is 71.7 Å². The number of Topliss-reactive ketones (excluding diaryl/α,β-unsaturated/α-hetero) is 1. The Balaban J connectivity index is 1.43. The van der Waals surface area contributed by atoms with Crippen LogP contribution in [-0.4, -0.2) is 83.6 Å². The summed E-state index contributed by atoms with van der Waals surface area (Å²) < 4.78 is 19.2. The molecule has 0 radical (unpaired) electrons. The van der Waals surface area contributed by atoms with Gasteiger partial charge in [-0.2, -0.15) is 4.99 Å². The number of nitrogens with zero attached hydrogens (tertiary/aromatic N) is 3. The van der Waals surface area contributed by atoms with E-state index in [1.807, 2.05) is 35.2 Å². The van der Waals surface area contributed by atoms with E-state index in [-0.39, 0.29) is 43.6 Å². The number of amidine groups is 1. The Morgan fingerprint density at radius 2 is 1.71 bits per heavy atom. The SMILES string of the molecule is CCOC(=O)CCNC(=O)N=C(c1ccccc1)N1CCN(C(=O)C(=O)c2c[nH]c3cccc(F)c23)CC1. The van der Waals surface area contributed by atoms with Gasteiger partial charge in [0.2, 0.25) is 0 Å². The fourth-order valence-corrected chi connectivity index (χ4v) is 4.24. The average Bonchev–Trinajstić information content (AvgIpc) is 3.37. The highest BCUT2D eigenvalue weighted by Crippen LogP contribution is 2.23. The quantitative estimate of drug-likeness (QED) is 0.162. The van der Waals surface area contributed by atoms with E-state index in [2.05, 4.69) is 15.3 Å². The maximum absolute atomic E-state index is 14.3. The van der Waals surface area contributed by atoms with Crippen molar-refractivity contribution in [3.8, 4) is 0 Å². The number of amides is 3. The first-order valence-corrected chi connectivity index (χ1v) is 12.3. The average molecular weight is 522 g/mol. The molecule has 1 aliphatic heterocycles. The number of benzene rings is 2. The second kappa shape index (κ2) is 12.1. The van der Waals surface area contributed by atoms with Gasteiger partial charge in [0.25, 0.3) is 11.7 Å². The minimum absolute atomic E-state index is 0.00319. The first kappa shape index (κ1) is 26.5. The number of halogens is 1. The van der Waals surface area contributed by atoms with E-state index in [1.54, 1.807) is 13.0 Å². The van der Waals surface area contributed by atoms with Crippen LogP contribution >= 0.6 is 0 Å². The van der Waals surface area contributed by atoms with Gasteiger partial charge >= 0.3 is 12.0 Å². The summed E-state index contributed by atoms with van der Waals surface area (Å²) in [5.41, 5.74) is 1.14. The summed E-state index contributed by atoms with van der Waals surface area (Å²) in [6.07, 6.45) is 1.38. The molecule has 0 atom stereocenters. The summed E-state index contributed by atoms with van der Waals surface area (Å²) >= 11 is 0. The largest absolute Gasteiger partial charge is 0.466 e. The Kier molecular flexibility index (Phi) is 8.47. The van der Waals surface area contributed by atoms with Crippen molar-refractivity contribution in [1.29, 1.82) is 0 Å². The van der Waals surface area contributed by atoms with Crippen LogP contribution in [0.2, 0.25) is 0 Å². The number of rotatable bonds is 7. The monoisotopic (exact) mass is 521 g/mol. The third-order valence-corrected chi connectivity index (χ3v) is 6.11. The van der Waals surface area contributed by atoms with Crippen molar-refractivity contribution in [2.45, 2.75) is 13.3 Å². The molecule has 0 spiro atoms. The number of fused-ring (bicyclic) bond motifs is 1. The zero-order valence-electron chi connectivity index (χ0n) is 20.9. The third-order valence-electron chi connectivity index (χ3n) is 6.11. The molecule has 198 valence electrons. The van der Waals surface area contributed by atoms with Crippen LogP contribution in [0.15, 0.2) is 59.7 Å². The van der Waals surface area contributed by atoms with E-state index in [0.717, 1.165) is 0 Å². The summed E-state index contributed by atoms with van der Waals surface area (Å²) in [6.45, 7) is 3.13. The third kappa shape index (κ3) is 6.05. The number of hydrogen-bond donors (Lipinski definition) is 2. The summed E-state index contributed by atoms with van der Waals surface area (Å²) in [4.78, 5) is 60.3. The zero-order chi connectivity index (χ0) is 27.1. The molecule has 2 aromatic carbocycles. The second-order valence-electron chi connectivity index (χ2n) is 8.56. The Bertz CT molecular complexity index is 1360. The van der Waals surface area contributed by atoms with Crippen LogP contribution in [0.4, 0.5) is 9.18 Å². The molecule has 0 unspecified atom stereocenters. The van der Waals surface area contributed by atoms with Gasteiger partial charge in [-0.3, -0.25) is 14.4 Å². The molecule has 11 heteroatoms. The highest BCUT2D eigenvalue weighted by Gasteiger charge is 2.30. The molecule has 0 saturated carbocycles. The molecular formula is C27H28FN5O5. The number of carbonyl (C=O) groups is 4. The smallest absolute Gasteiger partial charge is 0.342 e. The summed E-state index contributed by atoms with van der Waals surface area (Å²) in [7, 11) is 0. The lowest BCUT2D eigenvalue weighted by molar-refractivity contribution is -0.142. The Hall–Kier alpha value is -4.54. The van der Waals surface area contributed by atoms with Gasteiger partial charge < -0.3 is 24.8 Å². The number of esters is 1. The molecule has 0 aliphatic carbocycles. The molecule has 1 fully saturated rings. The number of H-pyrrole nitrogens is 1. The molecule has 10 nitrogen and oxygen atoms in total. The first-order chi connectivity index (χ1) is 18.4. The molecule has 1 saturated heterocycles. The standard InChI is InChI=1S/C27H28FN5O5/c1-2-38-22(34)11-12-29-27(37)31-25(18-7-4-3-5-8-18)32-13-15-33(16-14-32)26(36)24(35)19-17-30-21-10-6-9-20(28)23(19)21/h3-10,17,30H,2,11-16H2,1H3,(H,29,37). The van der Waals surface area contributed by atoms with Gasteiger partial charge in [0.05, 0.1) is 18.6 Å². The van der Waals surface area contributed by atoms with Crippen LogP contribution < -0.4 is 5.32 Å². The lowest BCUT2D eigenvalue weighted by atomic mass is 10.1. The number of ether oxygens (including phenoxy) is 1. The summed E-state index contributed by atoms with van der Waals surface area (Å²) in [6, 6.07) is 12.9. The van der Waals surface area contributed by atoms with Crippen molar-refractivity contribution in [2.24, 2.45) is 4.99 Å².